The highest BCUT2D eigenvalue weighted by molar-refractivity contribution is 8.00. The number of carbonyl (C=O) groups is 1. The van der Waals surface area contributed by atoms with E-state index in [-0.39, 0.29) is 27.7 Å². The standard InChI is InChI=1S/C15H10ClN5OS/c16-9-3-1-2-8(4-9)13-10(5-17)14(20)21-15(11(13)6-18)23-7-12(19)22/h1-4H,7H2,(H2,19,22)(H2,20,21). The van der Waals surface area contributed by atoms with E-state index in [1.54, 1.807) is 24.3 Å². The van der Waals surface area contributed by atoms with E-state index in [1.165, 1.54) is 0 Å². The molecular formula is C15H10ClN5OS. The zero-order valence-electron chi connectivity index (χ0n) is 11.7. The van der Waals surface area contributed by atoms with Gasteiger partial charge in [0.1, 0.15) is 28.5 Å². The Hall–Kier alpha value is -2.74. The molecule has 0 unspecified atom stereocenters. The average Bonchev–Trinajstić information content (AvgIpc) is 2.52. The first kappa shape index (κ1) is 16.6. The Morgan fingerprint density at radius 3 is 2.57 bits per heavy atom. The molecule has 0 fully saturated rings. The van der Waals surface area contributed by atoms with Gasteiger partial charge in [-0.25, -0.2) is 4.98 Å². The number of nitrogens with zero attached hydrogens (tertiary/aromatic N) is 3. The minimum absolute atomic E-state index is 0.0200. The summed E-state index contributed by atoms with van der Waals surface area (Å²) in [6.45, 7) is 0. The Labute approximate surface area is 141 Å². The number of nitriles is 2. The summed E-state index contributed by atoms with van der Waals surface area (Å²) < 4.78 is 0. The second-order valence-electron chi connectivity index (χ2n) is 4.42. The van der Waals surface area contributed by atoms with Crippen molar-refractivity contribution in [2.45, 2.75) is 5.03 Å². The van der Waals surface area contributed by atoms with E-state index < -0.39 is 5.91 Å². The summed E-state index contributed by atoms with van der Waals surface area (Å²) in [6, 6.07) is 10.7. The van der Waals surface area contributed by atoms with E-state index in [4.69, 9.17) is 23.1 Å². The van der Waals surface area contributed by atoms with Crippen molar-refractivity contribution in [1.82, 2.24) is 4.98 Å². The summed E-state index contributed by atoms with van der Waals surface area (Å²) >= 11 is 6.98. The number of primary amides is 1. The topological polar surface area (TPSA) is 130 Å². The Bertz CT molecular complexity index is 869. The predicted octanol–water partition coefficient (Wildman–Crippen LogP) is 2.30. The maximum absolute atomic E-state index is 11.0. The van der Waals surface area contributed by atoms with Crippen LogP contribution >= 0.6 is 23.4 Å². The molecule has 1 aromatic heterocycles. The number of nitrogens with two attached hydrogens (primary N) is 2. The summed E-state index contributed by atoms with van der Waals surface area (Å²) in [5.41, 5.74) is 12.1. The van der Waals surface area contributed by atoms with Crippen molar-refractivity contribution >= 4 is 35.1 Å². The van der Waals surface area contributed by atoms with E-state index >= 15 is 0 Å². The van der Waals surface area contributed by atoms with Crippen molar-refractivity contribution in [3.63, 3.8) is 0 Å². The van der Waals surface area contributed by atoms with Crippen molar-refractivity contribution < 1.29 is 4.79 Å². The maximum atomic E-state index is 11.0. The van der Waals surface area contributed by atoms with Crippen molar-refractivity contribution in [3.05, 3.63) is 40.4 Å². The van der Waals surface area contributed by atoms with Crippen LogP contribution in [0.3, 0.4) is 0 Å². The van der Waals surface area contributed by atoms with E-state index in [1.807, 2.05) is 12.1 Å². The molecule has 23 heavy (non-hydrogen) atoms. The molecule has 0 aliphatic heterocycles. The molecule has 2 aromatic rings. The number of pyridine rings is 1. The van der Waals surface area contributed by atoms with Gasteiger partial charge in [-0.1, -0.05) is 35.5 Å². The van der Waals surface area contributed by atoms with Gasteiger partial charge in [0, 0.05) is 10.6 Å². The third kappa shape index (κ3) is 3.54. The van der Waals surface area contributed by atoms with Crippen LogP contribution in [0.2, 0.25) is 5.02 Å². The SMILES string of the molecule is N#Cc1c(N)nc(SCC(N)=O)c(C#N)c1-c1cccc(Cl)c1. The number of rotatable bonds is 4. The fourth-order valence-electron chi connectivity index (χ4n) is 1.97. The lowest BCUT2D eigenvalue weighted by Gasteiger charge is -2.12. The molecule has 0 spiro atoms. The zero-order valence-corrected chi connectivity index (χ0v) is 13.3. The molecule has 1 heterocycles. The Kier molecular flexibility index (Phi) is 5.07. The second kappa shape index (κ2) is 7.01. The smallest absolute Gasteiger partial charge is 0.227 e. The van der Waals surface area contributed by atoms with Crippen LogP contribution in [0.25, 0.3) is 11.1 Å². The van der Waals surface area contributed by atoms with Crippen LogP contribution in [0.15, 0.2) is 29.3 Å². The number of carbonyl (C=O) groups excluding carboxylic acids is 1. The molecule has 0 atom stereocenters. The van der Waals surface area contributed by atoms with Gasteiger partial charge in [0.05, 0.1) is 11.3 Å². The Morgan fingerprint density at radius 2 is 2.00 bits per heavy atom. The Morgan fingerprint density at radius 1 is 1.30 bits per heavy atom. The molecule has 114 valence electrons. The highest BCUT2D eigenvalue weighted by Gasteiger charge is 2.20. The van der Waals surface area contributed by atoms with Crippen molar-refractivity contribution in [2.24, 2.45) is 5.73 Å². The van der Waals surface area contributed by atoms with Crippen LogP contribution in [0.4, 0.5) is 5.82 Å². The van der Waals surface area contributed by atoms with E-state index in [9.17, 15) is 15.3 Å². The second-order valence-corrected chi connectivity index (χ2v) is 5.82. The predicted molar refractivity (Wildman–Crippen MR) is 88.4 cm³/mol. The number of anilines is 1. The molecule has 6 nitrogen and oxygen atoms in total. The number of amides is 1. The highest BCUT2D eigenvalue weighted by Crippen LogP contribution is 2.36. The summed E-state index contributed by atoms with van der Waals surface area (Å²) in [6.07, 6.45) is 0. The zero-order chi connectivity index (χ0) is 17.0. The van der Waals surface area contributed by atoms with Crippen LogP contribution in [0.1, 0.15) is 11.1 Å². The van der Waals surface area contributed by atoms with Gasteiger partial charge in [0.2, 0.25) is 5.91 Å². The molecule has 2 rings (SSSR count). The fourth-order valence-corrected chi connectivity index (χ4v) is 2.90. The first-order valence-electron chi connectivity index (χ1n) is 6.28. The molecule has 0 saturated carbocycles. The van der Waals surface area contributed by atoms with Gasteiger partial charge in [0.25, 0.3) is 0 Å². The lowest BCUT2D eigenvalue weighted by Crippen LogP contribution is -2.14. The quantitative estimate of drug-likeness (QED) is 0.819. The molecule has 0 radical (unpaired) electrons. The fraction of sp³-hybridized carbons (Fsp3) is 0.0667. The number of benzene rings is 1. The largest absolute Gasteiger partial charge is 0.383 e. The molecule has 0 aliphatic carbocycles. The minimum Gasteiger partial charge on any atom is -0.383 e. The van der Waals surface area contributed by atoms with Crippen molar-refractivity contribution in [3.8, 4) is 23.3 Å². The molecule has 4 N–H and O–H groups in total. The van der Waals surface area contributed by atoms with Crippen LogP contribution in [-0.4, -0.2) is 16.6 Å². The van der Waals surface area contributed by atoms with E-state index in [0.29, 0.717) is 16.1 Å². The van der Waals surface area contributed by atoms with Gasteiger partial charge in [-0.3, -0.25) is 4.79 Å². The Balaban J connectivity index is 2.74. The minimum atomic E-state index is -0.548. The van der Waals surface area contributed by atoms with Gasteiger partial charge >= 0.3 is 0 Å². The van der Waals surface area contributed by atoms with E-state index in [0.717, 1.165) is 11.8 Å². The molecule has 0 saturated heterocycles. The lowest BCUT2D eigenvalue weighted by molar-refractivity contribution is -0.115. The first-order valence-corrected chi connectivity index (χ1v) is 7.65. The van der Waals surface area contributed by atoms with Gasteiger partial charge in [-0.15, -0.1) is 0 Å². The number of halogens is 1. The van der Waals surface area contributed by atoms with Crippen LogP contribution < -0.4 is 11.5 Å². The maximum Gasteiger partial charge on any atom is 0.227 e. The van der Waals surface area contributed by atoms with E-state index in [2.05, 4.69) is 4.98 Å². The highest BCUT2D eigenvalue weighted by atomic mass is 35.5. The lowest BCUT2D eigenvalue weighted by atomic mass is 9.97. The van der Waals surface area contributed by atoms with Crippen molar-refractivity contribution in [2.75, 3.05) is 11.5 Å². The number of thioether (sulfide) groups is 1. The summed E-state index contributed by atoms with van der Waals surface area (Å²) in [5.74, 6) is -0.622. The number of hydrogen-bond acceptors (Lipinski definition) is 6. The first-order chi connectivity index (χ1) is 11.0. The van der Waals surface area contributed by atoms with Gasteiger partial charge in [0.15, 0.2) is 0 Å². The van der Waals surface area contributed by atoms with Crippen molar-refractivity contribution in [1.29, 1.82) is 10.5 Å². The number of aromatic nitrogens is 1. The third-order valence-electron chi connectivity index (χ3n) is 2.88. The summed E-state index contributed by atoms with van der Waals surface area (Å²) in [7, 11) is 0. The van der Waals surface area contributed by atoms with Gasteiger partial charge < -0.3 is 11.5 Å². The number of nitrogen functional groups attached to an aromatic ring is 1. The summed E-state index contributed by atoms with van der Waals surface area (Å²) in [4.78, 5) is 15.0. The normalized spacial score (nSPS) is 9.87. The van der Waals surface area contributed by atoms with Crippen LogP contribution in [0.5, 0.6) is 0 Å². The summed E-state index contributed by atoms with van der Waals surface area (Å²) in [5, 5.41) is 19.6. The molecule has 1 amide bonds. The number of hydrogen-bond donors (Lipinski definition) is 2. The van der Waals surface area contributed by atoms with Crippen LogP contribution in [0, 0.1) is 22.7 Å². The molecule has 0 bridgehead atoms. The third-order valence-corrected chi connectivity index (χ3v) is 4.11. The average molecular weight is 344 g/mol. The van der Waals surface area contributed by atoms with Crippen LogP contribution in [-0.2, 0) is 4.79 Å². The van der Waals surface area contributed by atoms with Gasteiger partial charge in [-0.05, 0) is 17.7 Å². The monoisotopic (exact) mass is 343 g/mol. The molecule has 0 aliphatic rings. The molecule has 8 heteroatoms. The molecule has 1 aromatic carbocycles. The molecular weight excluding hydrogens is 334 g/mol. The van der Waals surface area contributed by atoms with Gasteiger partial charge in [-0.2, -0.15) is 10.5 Å².